The number of phenolic OH excluding ortho intramolecular Hbond substituents is 1. The lowest BCUT2D eigenvalue weighted by molar-refractivity contribution is -0.136. The number of piperidine rings is 1. The van der Waals surface area contributed by atoms with Gasteiger partial charge in [-0.25, -0.2) is 0 Å². The molecule has 3 N–H and O–H groups in total. The molecule has 1 unspecified atom stereocenters. The average Bonchev–Trinajstić information content (AvgIpc) is 2.65. The number of methoxy groups -OCH3 is 1. The summed E-state index contributed by atoms with van der Waals surface area (Å²) in [5, 5.41) is 22.6. The normalized spacial score (nSPS) is 16.4. The van der Waals surface area contributed by atoms with Gasteiger partial charge in [-0.2, -0.15) is 0 Å². The Hall–Kier alpha value is -2.28. The fraction of sp³-hybridized carbons (Fsp3) is 0.579. The van der Waals surface area contributed by atoms with Gasteiger partial charge >= 0.3 is 0 Å². The summed E-state index contributed by atoms with van der Waals surface area (Å²) in [7, 11) is 1.40. The fourth-order valence-corrected chi connectivity index (χ4v) is 3.08. The highest BCUT2D eigenvalue weighted by atomic mass is 16.5. The molecular formula is C19H28N2O5. The van der Waals surface area contributed by atoms with Crippen LogP contribution in [0.15, 0.2) is 18.2 Å². The molecule has 0 aromatic heterocycles. The van der Waals surface area contributed by atoms with E-state index in [9.17, 15) is 19.8 Å². The minimum atomic E-state index is -1.33. The number of rotatable bonds is 6. The highest BCUT2D eigenvalue weighted by Crippen LogP contribution is 2.29. The number of aliphatic hydroxyl groups excluding tert-OH is 1. The van der Waals surface area contributed by atoms with Crippen LogP contribution < -0.4 is 10.1 Å². The highest BCUT2D eigenvalue weighted by molar-refractivity contribution is 5.82. The zero-order valence-corrected chi connectivity index (χ0v) is 15.6. The maximum absolute atomic E-state index is 12.2. The topological polar surface area (TPSA) is 99.1 Å². The summed E-state index contributed by atoms with van der Waals surface area (Å²) in [4.78, 5) is 26.1. The second-order valence-electron chi connectivity index (χ2n) is 7.00. The average molecular weight is 364 g/mol. The lowest BCUT2D eigenvalue weighted by Crippen LogP contribution is -2.43. The maximum Gasteiger partial charge on any atom is 0.253 e. The Labute approximate surface area is 154 Å². The predicted molar refractivity (Wildman–Crippen MR) is 96.8 cm³/mol. The molecular weight excluding hydrogens is 336 g/mol. The van der Waals surface area contributed by atoms with Crippen LogP contribution in [-0.2, 0) is 9.59 Å². The molecule has 7 heteroatoms. The van der Waals surface area contributed by atoms with E-state index in [0.717, 1.165) is 12.8 Å². The van der Waals surface area contributed by atoms with Gasteiger partial charge in [-0.05, 0) is 36.5 Å². The first kappa shape index (κ1) is 20.0. The third-order valence-corrected chi connectivity index (χ3v) is 4.75. The van der Waals surface area contributed by atoms with Gasteiger partial charge < -0.3 is 25.2 Å². The molecule has 1 atom stereocenters. The van der Waals surface area contributed by atoms with Crippen LogP contribution in [0.1, 0.15) is 38.4 Å². The number of nitrogens with zero attached hydrogens (tertiary/aromatic N) is 1. The van der Waals surface area contributed by atoms with Gasteiger partial charge in [-0.1, -0.05) is 19.9 Å². The molecule has 7 nitrogen and oxygen atoms in total. The van der Waals surface area contributed by atoms with Gasteiger partial charge in [0.25, 0.3) is 5.91 Å². The van der Waals surface area contributed by atoms with E-state index < -0.39 is 12.0 Å². The Morgan fingerprint density at radius 2 is 1.96 bits per heavy atom. The number of nitrogens with one attached hydrogen (secondary N) is 1. The number of amides is 2. The number of aliphatic hydroxyl groups is 1. The number of likely N-dealkylation sites (tertiary alicyclic amines) is 1. The van der Waals surface area contributed by atoms with E-state index in [0.29, 0.717) is 25.2 Å². The van der Waals surface area contributed by atoms with Crippen molar-refractivity contribution in [3.05, 3.63) is 23.8 Å². The number of carbonyl (C=O) groups is 2. The van der Waals surface area contributed by atoms with Crippen LogP contribution in [0.5, 0.6) is 11.5 Å². The number of aromatic hydroxyl groups is 1. The van der Waals surface area contributed by atoms with Crippen LogP contribution in [0, 0.1) is 11.8 Å². The Bertz CT molecular complexity index is 639. The first-order valence-corrected chi connectivity index (χ1v) is 8.95. The molecule has 0 radical (unpaired) electrons. The third kappa shape index (κ3) is 4.88. The van der Waals surface area contributed by atoms with E-state index in [-0.39, 0.29) is 29.2 Å². The van der Waals surface area contributed by atoms with E-state index in [4.69, 9.17) is 4.74 Å². The fourth-order valence-electron chi connectivity index (χ4n) is 3.08. The zero-order valence-electron chi connectivity index (χ0n) is 15.6. The molecule has 1 aromatic carbocycles. The molecule has 2 amide bonds. The first-order chi connectivity index (χ1) is 12.3. The molecule has 26 heavy (non-hydrogen) atoms. The van der Waals surface area contributed by atoms with Gasteiger partial charge in [0.15, 0.2) is 17.6 Å². The molecule has 2 rings (SSSR count). The number of ether oxygens (including phenoxy) is 1. The van der Waals surface area contributed by atoms with Crippen LogP contribution >= 0.6 is 0 Å². The summed E-state index contributed by atoms with van der Waals surface area (Å²) < 4.78 is 4.99. The van der Waals surface area contributed by atoms with Crippen molar-refractivity contribution in [1.29, 1.82) is 0 Å². The summed E-state index contributed by atoms with van der Waals surface area (Å²) in [6.45, 7) is 5.67. The van der Waals surface area contributed by atoms with Gasteiger partial charge in [-0.3, -0.25) is 9.59 Å². The second-order valence-corrected chi connectivity index (χ2v) is 7.00. The number of benzene rings is 1. The number of phenols is 1. The van der Waals surface area contributed by atoms with Crippen molar-refractivity contribution < 1.29 is 24.5 Å². The summed E-state index contributed by atoms with van der Waals surface area (Å²) in [6, 6.07) is 4.31. The van der Waals surface area contributed by atoms with Crippen LogP contribution in [0.3, 0.4) is 0 Å². The lowest BCUT2D eigenvalue weighted by Gasteiger charge is -2.33. The summed E-state index contributed by atoms with van der Waals surface area (Å²) in [6.07, 6.45) is 0.344. The second kappa shape index (κ2) is 8.89. The largest absolute Gasteiger partial charge is 0.504 e. The third-order valence-electron chi connectivity index (χ3n) is 4.75. The van der Waals surface area contributed by atoms with E-state index in [1.165, 1.54) is 25.3 Å². The van der Waals surface area contributed by atoms with Crippen LogP contribution in [-0.4, -0.2) is 53.7 Å². The standard InChI is InChI=1S/C19H28N2O5/c1-12(2)19(25)21-8-6-13(7-9-21)11-20-18(24)17(23)14-4-5-15(22)16(10-14)26-3/h4-5,10,12-13,17,22-23H,6-9,11H2,1-3H3,(H,20,24). The van der Waals surface area contributed by atoms with Gasteiger partial charge in [0, 0.05) is 25.6 Å². The van der Waals surface area contributed by atoms with Crippen molar-refractivity contribution in [2.75, 3.05) is 26.7 Å². The molecule has 1 aliphatic heterocycles. The van der Waals surface area contributed by atoms with E-state index >= 15 is 0 Å². The van der Waals surface area contributed by atoms with Crippen molar-refractivity contribution in [3.63, 3.8) is 0 Å². The minimum Gasteiger partial charge on any atom is -0.504 e. The molecule has 0 aliphatic carbocycles. The minimum absolute atomic E-state index is 0.00343. The molecule has 144 valence electrons. The number of hydrogen-bond acceptors (Lipinski definition) is 5. The highest BCUT2D eigenvalue weighted by Gasteiger charge is 2.25. The monoisotopic (exact) mass is 364 g/mol. The van der Waals surface area contributed by atoms with Crippen molar-refractivity contribution in [1.82, 2.24) is 10.2 Å². The molecule has 0 bridgehead atoms. The SMILES string of the molecule is COc1cc(C(O)C(=O)NCC2CCN(C(=O)C(C)C)CC2)ccc1O. The van der Waals surface area contributed by atoms with Crippen LogP contribution in [0.2, 0.25) is 0 Å². The van der Waals surface area contributed by atoms with Gasteiger partial charge in [0.05, 0.1) is 7.11 Å². The Morgan fingerprint density at radius 3 is 2.54 bits per heavy atom. The molecule has 0 spiro atoms. The van der Waals surface area contributed by atoms with E-state index in [2.05, 4.69) is 5.32 Å². The molecule has 1 aromatic rings. The summed E-state index contributed by atoms with van der Waals surface area (Å²) in [5.74, 6) is 0.131. The quantitative estimate of drug-likeness (QED) is 0.709. The first-order valence-electron chi connectivity index (χ1n) is 8.95. The Balaban J connectivity index is 1.83. The van der Waals surface area contributed by atoms with E-state index in [1.54, 1.807) is 0 Å². The Morgan fingerprint density at radius 1 is 1.31 bits per heavy atom. The van der Waals surface area contributed by atoms with Crippen molar-refractivity contribution in [3.8, 4) is 11.5 Å². The molecule has 1 fully saturated rings. The van der Waals surface area contributed by atoms with Crippen LogP contribution in [0.4, 0.5) is 0 Å². The van der Waals surface area contributed by atoms with Crippen molar-refractivity contribution in [2.24, 2.45) is 11.8 Å². The molecule has 1 heterocycles. The molecule has 0 saturated carbocycles. The predicted octanol–water partition coefficient (Wildman–Crippen LogP) is 1.44. The Kier molecular flexibility index (Phi) is 6.85. The van der Waals surface area contributed by atoms with Crippen LogP contribution in [0.25, 0.3) is 0 Å². The van der Waals surface area contributed by atoms with Gasteiger partial charge in [0.2, 0.25) is 5.91 Å². The molecule has 1 saturated heterocycles. The zero-order chi connectivity index (χ0) is 19.3. The summed E-state index contributed by atoms with van der Waals surface area (Å²) in [5.41, 5.74) is 0.356. The lowest BCUT2D eigenvalue weighted by atomic mass is 9.95. The van der Waals surface area contributed by atoms with Crippen molar-refractivity contribution >= 4 is 11.8 Å². The van der Waals surface area contributed by atoms with Gasteiger partial charge in [-0.15, -0.1) is 0 Å². The van der Waals surface area contributed by atoms with Gasteiger partial charge in [0.1, 0.15) is 0 Å². The summed E-state index contributed by atoms with van der Waals surface area (Å²) >= 11 is 0. The number of hydrogen-bond donors (Lipinski definition) is 3. The smallest absolute Gasteiger partial charge is 0.253 e. The maximum atomic E-state index is 12.2. The number of carbonyl (C=O) groups excluding carboxylic acids is 2. The molecule has 1 aliphatic rings. The van der Waals surface area contributed by atoms with Crippen molar-refractivity contribution in [2.45, 2.75) is 32.8 Å². The van der Waals surface area contributed by atoms with E-state index in [1.807, 2.05) is 18.7 Å².